The molecule has 3 aromatic heterocycles. The zero-order chi connectivity index (χ0) is 16.5. The maximum Gasteiger partial charge on any atom is 0.220 e. The minimum atomic E-state index is -0.184. The van der Waals surface area contributed by atoms with Crippen LogP contribution in [-0.2, 0) is 0 Å². The zero-order valence-electron chi connectivity index (χ0n) is 13.1. The van der Waals surface area contributed by atoms with Gasteiger partial charge >= 0.3 is 0 Å². The number of aromatic nitrogens is 4. The van der Waals surface area contributed by atoms with Gasteiger partial charge in [-0.2, -0.15) is 0 Å². The third kappa shape index (κ3) is 2.85. The predicted molar refractivity (Wildman–Crippen MR) is 92.4 cm³/mol. The molecule has 7 heteroatoms. The lowest BCUT2D eigenvalue weighted by atomic mass is 10.1. The lowest BCUT2D eigenvalue weighted by Crippen LogP contribution is -2.36. The van der Waals surface area contributed by atoms with Gasteiger partial charge in [0, 0.05) is 42.6 Å². The number of anilines is 2. The first-order valence-electron chi connectivity index (χ1n) is 7.97. The maximum absolute atomic E-state index is 9.60. The molecule has 1 fully saturated rings. The molecule has 7 nitrogen and oxygen atoms in total. The third-order valence-electron chi connectivity index (χ3n) is 4.31. The van der Waals surface area contributed by atoms with Crippen molar-refractivity contribution >= 4 is 22.7 Å². The summed E-state index contributed by atoms with van der Waals surface area (Å²) in [7, 11) is 0. The number of pyridine rings is 2. The van der Waals surface area contributed by atoms with Crippen LogP contribution in [0.4, 0.5) is 11.8 Å². The van der Waals surface area contributed by atoms with Crippen molar-refractivity contribution < 1.29 is 5.11 Å². The Morgan fingerprint density at radius 1 is 1.04 bits per heavy atom. The fourth-order valence-electron chi connectivity index (χ4n) is 2.92. The van der Waals surface area contributed by atoms with Gasteiger partial charge in [0.05, 0.1) is 17.3 Å². The van der Waals surface area contributed by atoms with E-state index < -0.39 is 0 Å². The van der Waals surface area contributed by atoms with Gasteiger partial charge in [0.2, 0.25) is 5.95 Å². The molecular formula is C17H18N6O. The van der Waals surface area contributed by atoms with Crippen molar-refractivity contribution in [1.82, 2.24) is 19.9 Å². The third-order valence-corrected chi connectivity index (χ3v) is 4.31. The Balaban J connectivity index is 1.60. The minimum absolute atomic E-state index is 0.184. The summed E-state index contributed by atoms with van der Waals surface area (Å²) in [5.74, 6) is 1.18. The predicted octanol–water partition coefficient (Wildman–Crippen LogP) is 1.63. The van der Waals surface area contributed by atoms with E-state index in [1.54, 1.807) is 12.4 Å². The molecule has 0 unspecified atom stereocenters. The second-order valence-corrected chi connectivity index (χ2v) is 5.98. The van der Waals surface area contributed by atoms with Crippen molar-refractivity contribution in [2.75, 3.05) is 23.7 Å². The standard InChI is InChI=1S/C17H18N6O/c18-17-21-10-12-9-19-14(7-15(12)22-17)11-1-2-16(20-8-11)23-5-3-13(24)4-6-23/h1-2,7-10,13,24H,3-6H2,(H2,18,21,22). The number of fused-ring (bicyclic) bond motifs is 1. The molecule has 24 heavy (non-hydrogen) atoms. The number of nitrogens with zero attached hydrogens (tertiary/aromatic N) is 5. The van der Waals surface area contributed by atoms with E-state index in [0.29, 0.717) is 0 Å². The molecule has 1 aliphatic rings. The first kappa shape index (κ1) is 14.8. The summed E-state index contributed by atoms with van der Waals surface area (Å²) in [6.45, 7) is 1.66. The molecule has 4 heterocycles. The highest BCUT2D eigenvalue weighted by atomic mass is 16.3. The van der Waals surface area contributed by atoms with Gasteiger partial charge in [-0.25, -0.2) is 15.0 Å². The summed E-state index contributed by atoms with van der Waals surface area (Å²) in [4.78, 5) is 19.4. The smallest absolute Gasteiger partial charge is 0.220 e. The Labute approximate surface area is 139 Å². The van der Waals surface area contributed by atoms with Crippen LogP contribution in [0.2, 0.25) is 0 Å². The Morgan fingerprint density at radius 2 is 1.83 bits per heavy atom. The van der Waals surface area contributed by atoms with E-state index >= 15 is 0 Å². The maximum atomic E-state index is 9.60. The van der Waals surface area contributed by atoms with Crippen LogP contribution >= 0.6 is 0 Å². The van der Waals surface area contributed by atoms with E-state index in [9.17, 15) is 5.11 Å². The summed E-state index contributed by atoms with van der Waals surface area (Å²) in [5, 5.41) is 10.4. The number of piperidine rings is 1. The molecular weight excluding hydrogens is 304 g/mol. The number of aliphatic hydroxyl groups is 1. The molecule has 0 aliphatic carbocycles. The van der Waals surface area contributed by atoms with Gasteiger partial charge in [0.1, 0.15) is 5.82 Å². The largest absolute Gasteiger partial charge is 0.393 e. The van der Waals surface area contributed by atoms with Crippen LogP contribution in [0.5, 0.6) is 0 Å². The molecule has 0 bridgehead atoms. The number of hydrogen-bond acceptors (Lipinski definition) is 7. The molecule has 0 spiro atoms. The Hall–Kier alpha value is -2.80. The highest BCUT2D eigenvalue weighted by Crippen LogP contribution is 2.23. The van der Waals surface area contributed by atoms with E-state index in [-0.39, 0.29) is 12.1 Å². The highest BCUT2D eigenvalue weighted by molar-refractivity contribution is 5.81. The van der Waals surface area contributed by atoms with Gasteiger partial charge in [0.15, 0.2) is 0 Å². The lowest BCUT2D eigenvalue weighted by Gasteiger charge is -2.30. The van der Waals surface area contributed by atoms with Crippen molar-refractivity contribution in [3.8, 4) is 11.3 Å². The van der Waals surface area contributed by atoms with E-state index in [0.717, 1.165) is 53.9 Å². The average Bonchev–Trinajstić information content (AvgIpc) is 2.62. The van der Waals surface area contributed by atoms with E-state index in [1.165, 1.54) is 0 Å². The van der Waals surface area contributed by atoms with Crippen LogP contribution in [0.15, 0.2) is 36.8 Å². The monoisotopic (exact) mass is 322 g/mol. The zero-order valence-corrected chi connectivity index (χ0v) is 13.1. The molecule has 0 amide bonds. The van der Waals surface area contributed by atoms with Gasteiger partial charge in [-0.15, -0.1) is 0 Å². The summed E-state index contributed by atoms with van der Waals surface area (Å²) in [6.07, 6.45) is 6.62. The van der Waals surface area contributed by atoms with E-state index in [1.807, 2.05) is 24.4 Å². The fraction of sp³-hybridized carbons (Fsp3) is 0.294. The Bertz CT molecular complexity index is 859. The Kier molecular flexibility index (Phi) is 3.70. The lowest BCUT2D eigenvalue weighted by molar-refractivity contribution is 0.145. The van der Waals surface area contributed by atoms with Gasteiger partial charge in [-0.3, -0.25) is 4.98 Å². The number of rotatable bonds is 2. The van der Waals surface area contributed by atoms with Crippen LogP contribution in [0, 0.1) is 0 Å². The summed E-state index contributed by atoms with van der Waals surface area (Å²) < 4.78 is 0. The van der Waals surface area contributed by atoms with Crippen LogP contribution in [0.3, 0.4) is 0 Å². The molecule has 122 valence electrons. The van der Waals surface area contributed by atoms with Crippen LogP contribution < -0.4 is 10.6 Å². The molecule has 1 saturated heterocycles. The van der Waals surface area contributed by atoms with Crippen molar-refractivity contribution in [3.05, 3.63) is 36.8 Å². The second-order valence-electron chi connectivity index (χ2n) is 5.98. The topological polar surface area (TPSA) is 101 Å². The number of aliphatic hydroxyl groups excluding tert-OH is 1. The summed E-state index contributed by atoms with van der Waals surface area (Å²) in [5.41, 5.74) is 8.14. The van der Waals surface area contributed by atoms with Crippen LogP contribution in [0.25, 0.3) is 22.2 Å². The summed E-state index contributed by atoms with van der Waals surface area (Å²) >= 11 is 0. The van der Waals surface area contributed by atoms with Gasteiger partial charge < -0.3 is 15.7 Å². The molecule has 3 N–H and O–H groups in total. The van der Waals surface area contributed by atoms with Gasteiger partial charge in [0.25, 0.3) is 0 Å². The van der Waals surface area contributed by atoms with Crippen molar-refractivity contribution in [3.63, 3.8) is 0 Å². The summed E-state index contributed by atoms with van der Waals surface area (Å²) in [6, 6.07) is 5.89. The average molecular weight is 322 g/mol. The quantitative estimate of drug-likeness (QED) is 0.739. The molecule has 0 radical (unpaired) electrons. The number of nitrogen functional groups attached to an aromatic ring is 1. The molecule has 0 saturated carbocycles. The van der Waals surface area contributed by atoms with E-state index in [2.05, 4.69) is 24.8 Å². The van der Waals surface area contributed by atoms with Crippen LogP contribution in [-0.4, -0.2) is 44.2 Å². The first-order chi connectivity index (χ1) is 11.7. The SMILES string of the molecule is Nc1ncc2cnc(-c3ccc(N4CCC(O)CC4)nc3)cc2n1. The highest BCUT2D eigenvalue weighted by Gasteiger charge is 2.18. The van der Waals surface area contributed by atoms with Crippen molar-refractivity contribution in [2.45, 2.75) is 18.9 Å². The van der Waals surface area contributed by atoms with E-state index in [4.69, 9.17) is 5.73 Å². The van der Waals surface area contributed by atoms with Crippen molar-refractivity contribution in [2.24, 2.45) is 0 Å². The van der Waals surface area contributed by atoms with Crippen molar-refractivity contribution in [1.29, 1.82) is 0 Å². The van der Waals surface area contributed by atoms with Gasteiger partial charge in [-0.05, 0) is 31.0 Å². The van der Waals surface area contributed by atoms with Crippen LogP contribution in [0.1, 0.15) is 12.8 Å². The fourth-order valence-corrected chi connectivity index (χ4v) is 2.92. The number of nitrogens with two attached hydrogens (primary N) is 1. The minimum Gasteiger partial charge on any atom is -0.393 e. The molecule has 3 aromatic rings. The molecule has 4 rings (SSSR count). The Morgan fingerprint density at radius 3 is 2.58 bits per heavy atom. The molecule has 1 aliphatic heterocycles. The molecule has 0 atom stereocenters. The number of hydrogen-bond donors (Lipinski definition) is 2. The van der Waals surface area contributed by atoms with Gasteiger partial charge in [-0.1, -0.05) is 0 Å². The molecule has 0 aromatic carbocycles. The normalized spacial score (nSPS) is 15.8. The second kappa shape index (κ2) is 6.01. The first-order valence-corrected chi connectivity index (χ1v) is 7.97.